The summed E-state index contributed by atoms with van der Waals surface area (Å²) in [6, 6.07) is 0. The van der Waals surface area contributed by atoms with Gasteiger partial charge < -0.3 is 4.74 Å². The molecule has 0 aliphatic carbocycles. The van der Waals surface area contributed by atoms with Crippen molar-refractivity contribution in [3.8, 4) is 0 Å². The van der Waals surface area contributed by atoms with Crippen LogP contribution in [0.25, 0.3) is 0 Å². The van der Waals surface area contributed by atoms with Crippen molar-refractivity contribution in [2.24, 2.45) is 0 Å². The number of nitrogens with one attached hydrogen (secondary N) is 1. The van der Waals surface area contributed by atoms with Crippen LogP contribution < -0.4 is 4.72 Å². The van der Waals surface area contributed by atoms with Crippen molar-refractivity contribution in [3.05, 3.63) is 0 Å². The van der Waals surface area contributed by atoms with E-state index in [1.54, 1.807) is 0 Å². The molecule has 0 saturated heterocycles. The fraction of sp³-hybridized carbons (Fsp3) is 0.750. The van der Waals surface area contributed by atoms with E-state index >= 15 is 0 Å². The number of hydrogen-bond acceptors (Lipinski definition) is 4. The molecule has 0 spiro atoms. The molecule has 1 N–H and O–H groups in total. The van der Waals surface area contributed by atoms with E-state index in [0.29, 0.717) is 0 Å². The predicted octanol–water partition coefficient (Wildman–Crippen LogP) is -1.03. The first-order chi connectivity index (χ1) is 4.45. The molecule has 0 saturated carbocycles. The second-order valence-electron chi connectivity index (χ2n) is 1.73. The van der Waals surface area contributed by atoms with E-state index in [4.69, 9.17) is 0 Å². The van der Waals surface area contributed by atoms with Crippen LogP contribution in [0.15, 0.2) is 0 Å². The highest BCUT2D eigenvalue weighted by Crippen LogP contribution is 1.84. The van der Waals surface area contributed by atoms with Crippen LogP contribution in [-0.4, -0.2) is 27.4 Å². The molecule has 1 unspecified atom stereocenters. The van der Waals surface area contributed by atoms with Gasteiger partial charge in [0.2, 0.25) is 10.0 Å². The molecule has 0 aromatic carbocycles. The van der Waals surface area contributed by atoms with E-state index in [1.807, 2.05) is 4.72 Å². The Bertz CT molecular complexity index is 197. The van der Waals surface area contributed by atoms with Crippen molar-refractivity contribution in [2.45, 2.75) is 13.2 Å². The van der Waals surface area contributed by atoms with Crippen LogP contribution in [0.1, 0.15) is 6.92 Å². The highest BCUT2D eigenvalue weighted by molar-refractivity contribution is 7.88. The van der Waals surface area contributed by atoms with Crippen LogP contribution in [0.5, 0.6) is 0 Å². The van der Waals surface area contributed by atoms with Crippen LogP contribution in [0.3, 0.4) is 0 Å². The average Bonchev–Trinajstić information content (AvgIpc) is 1.59. The molecular formula is C4H8NO4S. The van der Waals surface area contributed by atoms with Gasteiger partial charge in [0.25, 0.3) is 0 Å². The van der Waals surface area contributed by atoms with Gasteiger partial charge in [0.05, 0.1) is 6.26 Å². The minimum atomic E-state index is -3.30. The van der Waals surface area contributed by atoms with Gasteiger partial charge >= 0.3 is 6.47 Å². The lowest BCUT2D eigenvalue weighted by atomic mass is 10.7. The average molecular weight is 166 g/mol. The topological polar surface area (TPSA) is 72.5 Å². The summed E-state index contributed by atoms with van der Waals surface area (Å²) in [5, 5.41) is 0. The van der Waals surface area contributed by atoms with Crippen LogP contribution in [0, 0.1) is 0 Å². The van der Waals surface area contributed by atoms with E-state index in [0.717, 1.165) is 12.7 Å². The molecule has 10 heavy (non-hydrogen) atoms. The highest BCUT2D eigenvalue weighted by atomic mass is 32.2. The van der Waals surface area contributed by atoms with Gasteiger partial charge in [0.15, 0.2) is 6.23 Å². The lowest BCUT2D eigenvalue weighted by molar-refractivity contribution is 0.184. The maximum Gasteiger partial charge on any atom is 0.419 e. The molecule has 0 bridgehead atoms. The number of ether oxygens (including phenoxy) is 1. The van der Waals surface area contributed by atoms with E-state index < -0.39 is 16.3 Å². The molecule has 0 amide bonds. The third-order valence-electron chi connectivity index (χ3n) is 0.605. The Kier molecular flexibility index (Phi) is 3.31. The Balaban J connectivity index is 3.80. The number of carbonyl (C=O) groups excluding carboxylic acids is 1. The Morgan fingerprint density at radius 1 is 1.60 bits per heavy atom. The molecule has 0 aliphatic heterocycles. The lowest BCUT2D eigenvalue weighted by Gasteiger charge is -2.07. The van der Waals surface area contributed by atoms with Crippen LogP contribution in [0.2, 0.25) is 0 Å². The number of hydrogen-bond donors (Lipinski definition) is 1. The molecule has 59 valence electrons. The first-order valence-corrected chi connectivity index (χ1v) is 4.35. The molecule has 5 nitrogen and oxygen atoms in total. The lowest BCUT2D eigenvalue weighted by Crippen LogP contribution is -2.33. The zero-order valence-electron chi connectivity index (χ0n) is 5.62. The fourth-order valence-corrected chi connectivity index (χ4v) is 1.05. The fourth-order valence-electron chi connectivity index (χ4n) is 0.398. The molecule has 6 heteroatoms. The Hall–Kier alpha value is -0.620. The maximum atomic E-state index is 10.4. The summed E-state index contributed by atoms with van der Waals surface area (Å²) in [6.07, 6.45) is 0.116. The second kappa shape index (κ2) is 3.52. The van der Waals surface area contributed by atoms with Crippen molar-refractivity contribution in [2.75, 3.05) is 6.26 Å². The van der Waals surface area contributed by atoms with Gasteiger partial charge in [0, 0.05) is 0 Å². The summed E-state index contributed by atoms with van der Waals surface area (Å²) in [5.74, 6) is 0. The minimum Gasteiger partial charge on any atom is -0.437 e. The monoisotopic (exact) mass is 166 g/mol. The molecule has 0 fully saturated rings. The molecule has 0 aromatic rings. The van der Waals surface area contributed by atoms with Gasteiger partial charge in [-0.05, 0) is 6.92 Å². The largest absolute Gasteiger partial charge is 0.437 e. The summed E-state index contributed by atoms with van der Waals surface area (Å²) in [7, 11) is -3.30. The second-order valence-corrected chi connectivity index (χ2v) is 3.51. The van der Waals surface area contributed by atoms with Gasteiger partial charge in [0.1, 0.15) is 0 Å². The first-order valence-electron chi connectivity index (χ1n) is 2.46. The SMILES string of the molecule is CC(NS(C)(=O)=O)O[C]=O. The Morgan fingerprint density at radius 2 is 2.10 bits per heavy atom. The molecule has 1 atom stereocenters. The molecule has 0 aromatic heterocycles. The molecule has 0 rings (SSSR count). The maximum absolute atomic E-state index is 10.4. The van der Waals surface area contributed by atoms with Crippen molar-refractivity contribution in [1.29, 1.82) is 0 Å². The van der Waals surface area contributed by atoms with Crippen LogP contribution >= 0.6 is 0 Å². The smallest absolute Gasteiger partial charge is 0.419 e. The number of rotatable bonds is 4. The zero-order chi connectivity index (χ0) is 8.20. The number of sulfonamides is 1. The Labute approximate surface area is 59.4 Å². The summed E-state index contributed by atoms with van der Waals surface area (Å²) in [5.41, 5.74) is 0. The van der Waals surface area contributed by atoms with Crippen molar-refractivity contribution < 1.29 is 17.9 Å². The van der Waals surface area contributed by atoms with Gasteiger partial charge in [-0.25, -0.2) is 13.2 Å². The summed E-state index contributed by atoms with van der Waals surface area (Å²) in [6.45, 7) is 2.49. The molecule has 0 aliphatic rings. The molecular weight excluding hydrogens is 158 g/mol. The van der Waals surface area contributed by atoms with E-state index in [2.05, 4.69) is 4.74 Å². The van der Waals surface area contributed by atoms with Crippen molar-refractivity contribution in [1.82, 2.24) is 4.72 Å². The summed E-state index contributed by atoms with van der Waals surface area (Å²) in [4.78, 5) is 9.52. The summed E-state index contributed by atoms with van der Waals surface area (Å²) < 4.78 is 26.9. The first kappa shape index (κ1) is 9.38. The zero-order valence-corrected chi connectivity index (χ0v) is 6.44. The van der Waals surface area contributed by atoms with Crippen molar-refractivity contribution >= 4 is 16.5 Å². The third kappa shape index (κ3) is 5.52. The van der Waals surface area contributed by atoms with Crippen molar-refractivity contribution in [3.63, 3.8) is 0 Å². The Morgan fingerprint density at radius 3 is 2.40 bits per heavy atom. The quantitative estimate of drug-likeness (QED) is 0.542. The highest BCUT2D eigenvalue weighted by Gasteiger charge is 2.07. The standard InChI is InChI=1S/C4H8NO4S/c1-4(9-3-6)5-10(2,7)8/h4-5H,1-2H3. The minimum absolute atomic E-state index is 0.854. The van der Waals surface area contributed by atoms with Crippen LogP contribution in [-0.2, 0) is 19.6 Å². The molecule has 0 heterocycles. The third-order valence-corrected chi connectivity index (χ3v) is 1.37. The van der Waals surface area contributed by atoms with Crippen LogP contribution in [0.4, 0.5) is 0 Å². The predicted molar refractivity (Wildman–Crippen MR) is 34.2 cm³/mol. The van der Waals surface area contributed by atoms with E-state index in [9.17, 15) is 13.2 Å². The van der Waals surface area contributed by atoms with Gasteiger partial charge in [-0.15, -0.1) is 0 Å². The normalized spacial score (nSPS) is 14.2. The van der Waals surface area contributed by atoms with E-state index in [-0.39, 0.29) is 0 Å². The molecule has 1 radical (unpaired) electrons. The van der Waals surface area contributed by atoms with Gasteiger partial charge in [-0.1, -0.05) is 0 Å². The van der Waals surface area contributed by atoms with Gasteiger partial charge in [-0.3, -0.25) is 0 Å². The van der Waals surface area contributed by atoms with Gasteiger partial charge in [-0.2, -0.15) is 4.72 Å². The summed E-state index contributed by atoms with van der Waals surface area (Å²) >= 11 is 0. The van der Waals surface area contributed by atoms with E-state index in [1.165, 1.54) is 6.92 Å².